The van der Waals surface area contributed by atoms with Crippen molar-refractivity contribution < 1.29 is 28.4 Å². The van der Waals surface area contributed by atoms with Crippen LogP contribution < -0.4 is 27.0 Å². The number of benzene rings is 1. The van der Waals surface area contributed by atoms with E-state index in [-0.39, 0.29) is 23.3 Å². The number of halogens is 1. The van der Waals surface area contributed by atoms with Crippen molar-refractivity contribution in [3.63, 3.8) is 0 Å². The van der Waals surface area contributed by atoms with Crippen LogP contribution in [0.15, 0.2) is 46.1 Å². The molecule has 0 unspecified atom stereocenters. The average molecular weight is 652 g/mol. The molecule has 1 fully saturated rings. The molecule has 1 aliphatic heterocycles. The van der Waals surface area contributed by atoms with Gasteiger partial charge in [0.2, 0.25) is 0 Å². The number of hydrogen-bond donors (Lipinski definition) is 5. The zero-order chi connectivity index (χ0) is 30.0. The van der Waals surface area contributed by atoms with Crippen molar-refractivity contribution in [3.05, 3.63) is 57.4 Å². The van der Waals surface area contributed by atoms with E-state index in [1.165, 1.54) is 6.20 Å². The number of hydrogen-bond acceptors (Lipinski definition) is 8. The van der Waals surface area contributed by atoms with Crippen LogP contribution >= 0.6 is 27.3 Å². The fourth-order valence-corrected chi connectivity index (χ4v) is 5.49. The molecular weight excluding hydrogens is 614 g/mol. The molecule has 0 bridgehead atoms. The quantitative estimate of drug-likeness (QED) is 0.223. The lowest BCUT2D eigenvalue weighted by Gasteiger charge is -2.19. The highest BCUT2D eigenvalue weighted by Gasteiger charge is 2.27. The van der Waals surface area contributed by atoms with Crippen molar-refractivity contribution in [3.8, 4) is 0 Å². The van der Waals surface area contributed by atoms with Gasteiger partial charge >= 0.3 is 12.2 Å². The van der Waals surface area contributed by atoms with Gasteiger partial charge in [-0.05, 0) is 55.1 Å². The minimum atomic E-state index is -0.704. The summed E-state index contributed by atoms with van der Waals surface area (Å²) < 4.78 is 13.1. The number of ether oxygens (including phenoxy) is 2. The Kier molecular flexibility index (Phi) is 11.5. The minimum Gasteiger partial charge on any atom is -0.445 e. The number of carbonyl (C=O) groups excluding carboxylic acids is 3. The lowest BCUT2D eigenvalue weighted by molar-refractivity contribution is -0.527. The maximum absolute atomic E-state index is 13.2. The Hall–Kier alpha value is -3.65. The lowest BCUT2D eigenvalue weighted by atomic mass is 10.1. The zero-order valence-electron chi connectivity index (χ0n) is 23.6. The second-order valence-electron chi connectivity index (χ2n) is 10.2. The van der Waals surface area contributed by atoms with Crippen LogP contribution in [0.25, 0.3) is 0 Å². The van der Waals surface area contributed by atoms with Gasteiger partial charge in [0.15, 0.2) is 9.61 Å². The molecule has 0 radical (unpaired) electrons. The summed E-state index contributed by atoms with van der Waals surface area (Å²) in [5.41, 5.74) is 6.51. The lowest BCUT2D eigenvalue weighted by Crippen LogP contribution is -2.41. The summed E-state index contributed by atoms with van der Waals surface area (Å²) in [5.74, 6) is 0.0575. The Balaban J connectivity index is 1.64. The van der Waals surface area contributed by atoms with E-state index in [0.29, 0.717) is 35.0 Å². The van der Waals surface area contributed by atoms with Crippen LogP contribution in [0.4, 0.5) is 14.6 Å². The first-order chi connectivity index (χ1) is 19.5. The molecule has 1 aliphatic rings. The van der Waals surface area contributed by atoms with Gasteiger partial charge in [0, 0.05) is 18.7 Å². The van der Waals surface area contributed by atoms with Crippen molar-refractivity contribution in [1.29, 1.82) is 0 Å². The molecule has 0 saturated carbocycles. The van der Waals surface area contributed by atoms with Crippen LogP contribution in [0, 0.1) is 0 Å². The number of alkyl carbamates (subject to hydrolysis) is 1. The highest BCUT2D eigenvalue weighted by Crippen LogP contribution is 2.29. The van der Waals surface area contributed by atoms with Crippen LogP contribution in [-0.4, -0.2) is 65.3 Å². The van der Waals surface area contributed by atoms with Gasteiger partial charge in [-0.15, -0.1) is 0 Å². The second-order valence-corrected chi connectivity index (χ2v) is 12.5. The topological polar surface area (TPSA) is 160 Å². The van der Waals surface area contributed by atoms with E-state index in [0.717, 1.165) is 29.7 Å². The molecule has 12 nitrogen and oxygen atoms in total. The summed E-state index contributed by atoms with van der Waals surface area (Å²) in [6.07, 6.45) is 2.38. The van der Waals surface area contributed by atoms with E-state index >= 15 is 0 Å². The summed E-state index contributed by atoms with van der Waals surface area (Å²) in [5, 5.41) is 11.7. The maximum Gasteiger partial charge on any atom is 0.412 e. The van der Waals surface area contributed by atoms with Gasteiger partial charge in [-0.25, -0.2) is 14.6 Å². The molecule has 222 valence electrons. The first kappa shape index (κ1) is 31.9. The Labute approximate surface area is 251 Å². The van der Waals surface area contributed by atoms with E-state index in [4.69, 9.17) is 15.2 Å². The van der Waals surface area contributed by atoms with Gasteiger partial charge < -0.3 is 25.8 Å². The summed E-state index contributed by atoms with van der Waals surface area (Å²) in [6, 6.07) is 9.45. The number of thiazole rings is 1. The van der Waals surface area contributed by atoms with Crippen LogP contribution in [-0.2, 0) is 16.1 Å². The number of likely N-dealkylation sites (N-methyl/N-ethyl adjacent to an activating group) is 1. The van der Waals surface area contributed by atoms with Crippen molar-refractivity contribution in [2.45, 2.75) is 58.3 Å². The zero-order valence-corrected chi connectivity index (χ0v) is 26.0. The van der Waals surface area contributed by atoms with E-state index in [2.05, 4.69) is 46.8 Å². The Morgan fingerprint density at radius 1 is 1.17 bits per heavy atom. The van der Waals surface area contributed by atoms with E-state index in [1.807, 2.05) is 30.3 Å². The van der Waals surface area contributed by atoms with Gasteiger partial charge in [0.1, 0.15) is 22.9 Å². The molecule has 3 rings (SSSR count). The monoisotopic (exact) mass is 650 g/mol. The second kappa shape index (κ2) is 14.8. The number of nitrogens with zero attached hydrogens (tertiary/aromatic N) is 2. The highest BCUT2D eigenvalue weighted by molar-refractivity contribution is 9.11. The van der Waals surface area contributed by atoms with Crippen LogP contribution in [0.3, 0.4) is 0 Å². The molecule has 6 N–H and O–H groups in total. The van der Waals surface area contributed by atoms with Gasteiger partial charge in [-0.2, -0.15) is 0 Å². The minimum absolute atomic E-state index is 0.0108. The number of nitrogens with two attached hydrogens (primary N) is 1. The number of rotatable bonds is 7. The predicted octanol–water partition coefficient (Wildman–Crippen LogP) is 3.89. The SMILES string of the molecule is CNC(C(=CN)NC(=O)c1nc(Br)sc1NC(=O)OC(C)(C)C)=[N+]1CCC[C@@H](NC(=O)OCc2ccccc2)CC1. The van der Waals surface area contributed by atoms with Gasteiger partial charge in [-0.1, -0.05) is 41.7 Å². The molecule has 14 heteroatoms. The highest BCUT2D eigenvalue weighted by atomic mass is 79.9. The molecule has 2 heterocycles. The van der Waals surface area contributed by atoms with Gasteiger partial charge in [0.25, 0.3) is 11.7 Å². The number of aromatic nitrogens is 1. The first-order valence-electron chi connectivity index (χ1n) is 13.2. The predicted molar refractivity (Wildman–Crippen MR) is 161 cm³/mol. The molecular formula is C27H37BrN7O5S+. The molecule has 1 aromatic carbocycles. The van der Waals surface area contributed by atoms with Gasteiger partial charge in [-0.3, -0.25) is 20.0 Å². The number of carbonyl (C=O) groups is 3. The third-order valence-electron chi connectivity index (χ3n) is 5.92. The standard InChI is InChI=1S/C27H36BrN7O5S/c1-27(2,3)40-26(38)34-23-20(33-24(28)41-23)22(36)32-19(15-29)21(30-4)35-13-8-11-18(12-14-35)31-25(37)39-16-17-9-6-5-7-10-17/h5-7,9-10,15,18H,8,11-14,16H2,1-4H3,(H5,29,30,31,32,34,36,37,38)/p+1/t18-/m1/s1. The third-order valence-corrected chi connectivity index (χ3v) is 7.34. The van der Waals surface area contributed by atoms with Gasteiger partial charge in [0.05, 0.1) is 20.1 Å². The van der Waals surface area contributed by atoms with Crippen molar-refractivity contribution in [1.82, 2.24) is 20.9 Å². The van der Waals surface area contributed by atoms with Crippen LogP contribution in [0.2, 0.25) is 0 Å². The van der Waals surface area contributed by atoms with Crippen LogP contribution in [0.1, 0.15) is 56.1 Å². The molecule has 0 spiro atoms. The summed E-state index contributed by atoms with van der Waals surface area (Å²) in [6.45, 7) is 6.71. The fraction of sp³-hybridized carbons (Fsp3) is 0.444. The molecule has 1 aromatic heterocycles. The van der Waals surface area contributed by atoms with Crippen molar-refractivity contribution in [2.24, 2.45) is 5.73 Å². The summed E-state index contributed by atoms with van der Waals surface area (Å²) in [4.78, 5) is 42.1. The molecule has 41 heavy (non-hydrogen) atoms. The first-order valence-corrected chi connectivity index (χ1v) is 14.8. The van der Waals surface area contributed by atoms with E-state index in [1.54, 1.807) is 27.8 Å². The molecule has 3 amide bonds. The number of amides is 3. The fourth-order valence-electron chi connectivity index (χ4n) is 4.15. The third kappa shape index (κ3) is 10.0. The van der Waals surface area contributed by atoms with E-state index < -0.39 is 23.7 Å². The molecule has 1 atom stereocenters. The average Bonchev–Trinajstić information content (AvgIpc) is 3.12. The smallest absolute Gasteiger partial charge is 0.412 e. The molecule has 0 aliphatic carbocycles. The van der Waals surface area contributed by atoms with E-state index in [9.17, 15) is 14.4 Å². The number of nitrogens with one attached hydrogen (secondary N) is 4. The Bertz CT molecular complexity index is 1290. The number of amidine groups is 1. The normalized spacial score (nSPS) is 17.1. The Morgan fingerprint density at radius 2 is 1.90 bits per heavy atom. The van der Waals surface area contributed by atoms with Crippen molar-refractivity contribution in [2.75, 3.05) is 25.5 Å². The largest absolute Gasteiger partial charge is 0.445 e. The molecule has 2 aromatic rings. The summed E-state index contributed by atoms with van der Waals surface area (Å²) in [7, 11) is 1.74. The number of anilines is 1. The van der Waals surface area contributed by atoms with Crippen molar-refractivity contribution >= 4 is 56.2 Å². The Morgan fingerprint density at radius 3 is 2.56 bits per heavy atom. The summed E-state index contributed by atoms with van der Waals surface area (Å²) >= 11 is 4.36. The molecule has 1 saturated heterocycles. The van der Waals surface area contributed by atoms with Crippen LogP contribution in [0.5, 0.6) is 0 Å². The maximum atomic E-state index is 13.2.